The van der Waals surface area contributed by atoms with Crippen molar-refractivity contribution in [3.8, 4) is 5.75 Å². The number of esters is 1. The van der Waals surface area contributed by atoms with E-state index in [2.05, 4.69) is 4.98 Å². The Labute approximate surface area is 164 Å². The van der Waals surface area contributed by atoms with Gasteiger partial charge in [-0.05, 0) is 25.1 Å². The van der Waals surface area contributed by atoms with Gasteiger partial charge in [0.1, 0.15) is 11.6 Å². The number of fused-ring (bicyclic) bond motifs is 1. The molecule has 0 amide bonds. The standard InChI is InChI=1S/C19H18ClF3N2O3/c1-3-16-24-7-8-25(16)10-13-11-9-12(18(26)27-4-2)17(19(21,22)23)28-15(11)6-5-14(13)20/h5-9,17H,3-4,10H2,1-2H3. The Bertz CT molecular complexity index is 922. The Kier molecular flexibility index (Phi) is 5.69. The van der Waals surface area contributed by atoms with Crippen molar-refractivity contribution in [1.29, 1.82) is 0 Å². The van der Waals surface area contributed by atoms with E-state index in [9.17, 15) is 18.0 Å². The first-order valence-corrected chi connectivity index (χ1v) is 9.07. The fourth-order valence-corrected chi connectivity index (χ4v) is 3.28. The van der Waals surface area contributed by atoms with Crippen molar-refractivity contribution in [3.05, 3.63) is 52.1 Å². The highest BCUT2D eigenvalue weighted by atomic mass is 35.5. The molecule has 1 unspecified atom stereocenters. The highest BCUT2D eigenvalue weighted by Crippen LogP contribution is 2.41. The number of benzene rings is 1. The van der Waals surface area contributed by atoms with Gasteiger partial charge in [0.15, 0.2) is 0 Å². The van der Waals surface area contributed by atoms with E-state index >= 15 is 0 Å². The van der Waals surface area contributed by atoms with E-state index in [1.807, 2.05) is 11.5 Å². The summed E-state index contributed by atoms with van der Waals surface area (Å²) in [6.45, 7) is 3.69. The van der Waals surface area contributed by atoms with Crippen LogP contribution in [0.5, 0.6) is 5.75 Å². The van der Waals surface area contributed by atoms with Crippen LogP contribution in [-0.4, -0.2) is 34.4 Å². The van der Waals surface area contributed by atoms with Crippen molar-refractivity contribution in [2.75, 3.05) is 6.61 Å². The molecule has 1 atom stereocenters. The Hall–Kier alpha value is -2.48. The van der Waals surface area contributed by atoms with Gasteiger partial charge in [-0.25, -0.2) is 9.78 Å². The molecular formula is C19H18ClF3N2O3. The van der Waals surface area contributed by atoms with Crippen LogP contribution < -0.4 is 4.74 Å². The molecule has 2 aromatic rings. The molecule has 0 radical (unpaired) electrons. The summed E-state index contributed by atoms with van der Waals surface area (Å²) in [6.07, 6.45) is -1.93. The van der Waals surface area contributed by atoms with Gasteiger partial charge in [-0.1, -0.05) is 18.5 Å². The average molecular weight is 415 g/mol. The Morgan fingerprint density at radius 2 is 2.11 bits per heavy atom. The number of ether oxygens (including phenoxy) is 2. The van der Waals surface area contributed by atoms with Crippen LogP contribution in [0, 0.1) is 0 Å². The minimum Gasteiger partial charge on any atom is -0.475 e. The van der Waals surface area contributed by atoms with Gasteiger partial charge in [0.25, 0.3) is 0 Å². The van der Waals surface area contributed by atoms with Crippen LogP contribution in [0.25, 0.3) is 6.08 Å². The number of carbonyl (C=O) groups is 1. The molecule has 28 heavy (non-hydrogen) atoms. The van der Waals surface area contributed by atoms with Gasteiger partial charge in [-0.3, -0.25) is 0 Å². The van der Waals surface area contributed by atoms with Gasteiger partial charge >= 0.3 is 12.1 Å². The zero-order valence-electron chi connectivity index (χ0n) is 15.2. The van der Waals surface area contributed by atoms with E-state index < -0.39 is 23.8 Å². The summed E-state index contributed by atoms with van der Waals surface area (Å²) >= 11 is 6.33. The second-order valence-electron chi connectivity index (χ2n) is 6.12. The van der Waals surface area contributed by atoms with Gasteiger partial charge in [0, 0.05) is 35.0 Å². The Balaban J connectivity index is 2.11. The molecule has 0 saturated carbocycles. The number of halogens is 4. The number of hydrogen-bond acceptors (Lipinski definition) is 4. The maximum absolute atomic E-state index is 13.5. The van der Waals surface area contributed by atoms with E-state index in [0.717, 1.165) is 5.82 Å². The fraction of sp³-hybridized carbons (Fsp3) is 0.368. The van der Waals surface area contributed by atoms with Crippen molar-refractivity contribution >= 4 is 23.6 Å². The predicted octanol–water partition coefficient (Wildman–Crippen LogP) is 4.42. The quantitative estimate of drug-likeness (QED) is 0.680. The van der Waals surface area contributed by atoms with Crippen molar-refractivity contribution in [3.63, 3.8) is 0 Å². The minimum atomic E-state index is -4.77. The van der Waals surface area contributed by atoms with Crippen LogP contribution in [0.1, 0.15) is 30.8 Å². The van der Waals surface area contributed by atoms with Gasteiger partial charge in [0.05, 0.1) is 18.7 Å². The monoisotopic (exact) mass is 414 g/mol. The predicted molar refractivity (Wildman–Crippen MR) is 97.2 cm³/mol. The van der Waals surface area contributed by atoms with Gasteiger partial charge in [0.2, 0.25) is 6.10 Å². The molecule has 0 fully saturated rings. The SMILES string of the molecule is CCOC(=O)C1=Cc2c(ccc(Cl)c2Cn2ccnc2CC)OC1C(F)(F)F. The number of aryl methyl sites for hydroxylation is 1. The lowest BCUT2D eigenvalue weighted by Gasteiger charge is -2.29. The summed E-state index contributed by atoms with van der Waals surface area (Å²) in [6, 6.07) is 2.85. The molecule has 0 aliphatic carbocycles. The lowest BCUT2D eigenvalue weighted by Crippen LogP contribution is -2.41. The number of hydrogen-bond donors (Lipinski definition) is 0. The molecule has 1 aromatic carbocycles. The Morgan fingerprint density at radius 3 is 2.75 bits per heavy atom. The first-order chi connectivity index (χ1) is 13.3. The normalized spacial score (nSPS) is 16.2. The largest absolute Gasteiger partial charge is 0.475 e. The van der Waals surface area contributed by atoms with E-state index in [1.54, 1.807) is 12.4 Å². The molecule has 1 aliphatic heterocycles. The topological polar surface area (TPSA) is 53.4 Å². The first-order valence-electron chi connectivity index (χ1n) is 8.69. The number of aromatic nitrogens is 2. The third kappa shape index (κ3) is 3.87. The van der Waals surface area contributed by atoms with Crippen LogP contribution in [0.4, 0.5) is 13.2 Å². The number of imidazole rings is 1. The van der Waals surface area contributed by atoms with E-state index in [0.29, 0.717) is 22.6 Å². The molecule has 150 valence electrons. The van der Waals surface area contributed by atoms with Gasteiger partial charge < -0.3 is 14.0 Å². The van der Waals surface area contributed by atoms with Gasteiger partial charge in [-0.15, -0.1) is 0 Å². The lowest BCUT2D eigenvalue weighted by molar-refractivity contribution is -0.187. The Morgan fingerprint density at radius 1 is 1.36 bits per heavy atom. The summed E-state index contributed by atoms with van der Waals surface area (Å²) in [5.74, 6) is -0.264. The highest BCUT2D eigenvalue weighted by Gasteiger charge is 2.49. The second-order valence-corrected chi connectivity index (χ2v) is 6.53. The molecule has 1 aliphatic rings. The average Bonchev–Trinajstić information content (AvgIpc) is 3.09. The van der Waals surface area contributed by atoms with Crippen molar-refractivity contribution in [1.82, 2.24) is 9.55 Å². The summed E-state index contributed by atoms with van der Waals surface area (Å²) in [7, 11) is 0. The lowest BCUT2D eigenvalue weighted by atomic mass is 9.97. The summed E-state index contributed by atoms with van der Waals surface area (Å²) in [5.41, 5.74) is 0.257. The first kappa shape index (κ1) is 20.3. The molecule has 0 saturated heterocycles. The second kappa shape index (κ2) is 7.87. The third-order valence-corrected chi connectivity index (χ3v) is 4.70. The summed E-state index contributed by atoms with van der Waals surface area (Å²) < 4.78 is 52.2. The zero-order valence-corrected chi connectivity index (χ0v) is 16.0. The number of rotatable bonds is 5. The summed E-state index contributed by atoms with van der Waals surface area (Å²) in [4.78, 5) is 16.4. The highest BCUT2D eigenvalue weighted by molar-refractivity contribution is 6.31. The molecule has 2 heterocycles. The molecule has 0 spiro atoms. The van der Waals surface area contributed by atoms with Crippen molar-refractivity contribution in [2.24, 2.45) is 0 Å². The molecule has 3 rings (SSSR count). The maximum atomic E-state index is 13.5. The number of carbonyl (C=O) groups excluding carboxylic acids is 1. The van der Waals surface area contributed by atoms with Crippen LogP contribution in [0.3, 0.4) is 0 Å². The van der Waals surface area contributed by atoms with Crippen molar-refractivity contribution < 1.29 is 27.4 Å². The van der Waals surface area contributed by atoms with Crippen LogP contribution >= 0.6 is 11.6 Å². The van der Waals surface area contributed by atoms with Crippen LogP contribution in [-0.2, 0) is 22.5 Å². The molecule has 0 bridgehead atoms. The molecule has 5 nitrogen and oxygen atoms in total. The zero-order chi connectivity index (χ0) is 20.5. The smallest absolute Gasteiger partial charge is 0.430 e. The van der Waals surface area contributed by atoms with Crippen molar-refractivity contribution in [2.45, 2.75) is 39.1 Å². The van der Waals surface area contributed by atoms with Gasteiger partial charge in [-0.2, -0.15) is 13.2 Å². The van der Waals surface area contributed by atoms with E-state index in [1.165, 1.54) is 25.1 Å². The molecule has 0 N–H and O–H groups in total. The number of nitrogens with zero attached hydrogens (tertiary/aromatic N) is 2. The van der Waals surface area contributed by atoms with E-state index in [-0.39, 0.29) is 18.9 Å². The third-order valence-electron chi connectivity index (χ3n) is 4.34. The van der Waals surface area contributed by atoms with Crippen LogP contribution in [0.2, 0.25) is 5.02 Å². The fourth-order valence-electron chi connectivity index (χ4n) is 3.05. The minimum absolute atomic E-state index is 0.00735. The maximum Gasteiger partial charge on any atom is 0.430 e. The summed E-state index contributed by atoms with van der Waals surface area (Å²) in [5, 5.41) is 0.350. The molecular weight excluding hydrogens is 397 g/mol. The molecule has 9 heteroatoms. The van der Waals surface area contributed by atoms with E-state index in [4.69, 9.17) is 21.1 Å². The number of alkyl halides is 3. The molecule has 1 aromatic heterocycles. The van der Waals surface area contributed by atoms with Crippen LogP contribution in [0.15, 0.2) is 30.1 Å².